The van der Waals surface area contributed by atoms with Crippen LogP contribution < -0.4 is 10.2 Å². The predicted octanol–water partition coefficient (Wildman–Crippen LogP) is 7.30. The third-order valence-corrected chi connectivity index (χ3v) is 5.45. The summed E-state index contributed by atoms with van der Waals surface area (Å²) in [5.41, 5.74) is 1.20. The summed E-state index contributed by atoms with van der Waals surface area (Å²) in [6.45, 7) is -0.00352. The summed E-state index contributed by atoms with van der Waals surface area (Å²) >= 11 is 6.71. The lowest BCUT2D eigenvalue weighted by Crippen LogP contribution is -2.06. The van der Waals surface area contributed by atoms with Crippen LogP contribution in [0.4, 0.5) is 28.9 Å². The van der Waals surface area contributed by atoms with Gasteiger partial charge in [0.05, 0.1) is 25.6 Å². The van der Waals surface area contributed by atoms with Crippen molar-refractivity contribution in [2.24, 2.45) is 5.10 Å². The van der Waals surface area contributed by atoms with Crippen molar-refractivity contribution in [3.05, 3.63) is 96.2 Å². The summed E-state index contributed by atoms with van der Waals surface area (Å²) in [6.07, 6.45) is -3.39. The first-order valence-corrected chi connectivity index (χ1v) is 10.6. The number of hydrogen-bond acceptors (Lipinski definition) is 5. The summed E-state index contributed by atoms with van der Waals surface area (Å²) in [6, 6.07) is 11.6. The normalized spacial score (nSPS) is 11.6. The number of nitrogens with one attached hydrogen (secondary N) is 1. The van der Waals surface area contributed by atoms with Crippen LogP contribution in [0.3, 0.4) is 0 Å². The second-order valence-electron chi connectivity index (χ2n) is 6.55. The molecule has 0 saturated heterocycles. The zero-order valence-corrected chi connectivity index (χ0v) is 19.5. The van der Waals surface area contributed by atoms with Gasteiger partial charge >= 0.3 is 6.18 Å². The molecule has 172 valence electrons. The van der Waals surface area contributed by atoms with Crippen molar-refractivity contribution >= 4 is 49.4 Å². The highest BCUT2D eigenvalue weighted by molar-refractivity contribution is 9.11. The van der Waals surface area contributed by atoms with Gasteiger partial charge in [-0.15, -0.1) is 0 Å². The predicted molar refractivity (Wildman–Crippen MR) is 122 cm³/mol. The van der Waals surface area contributed by atoms with Crippen molar-refractivity contribution in [3.63, 3.8) is 0 Å². The van der Waals surface area contributed by atoms with Gasteiger partial charge in [-0.1, -0.05) is 18.2 Å². The van der Waals surface area contributed by atoms with E-state index in [1.165, 1.54) is 12.3 Å². The van der Waals surface area contributed by atoms with Crippen LogP contribution in [0.2, 0.25) is 0 Å². The molecule has 0 aliphatic carbocycles. The zero-order chi connectivity index (χ0) is 24.2. The summed E-state index contributed by atoms with van der Waals surface area (Å²) in [4.78, 5) is 10.2. The highest BCUT2D eigenvalue weighted by Crippen LogP contribution is 2.36. The molecule has 3 aromatic carbocycles. The third kappa shape index (κ3) is 6.29. The molecule has 0 aromatic heterocycles. The average molecular weight is 591 g/mol. The molecule has 0 heterocycles. The highest BCUT2D eigenvalue weighted by atomic mass is 79.9. The molecule has 0 fully saturated rings. The molecule has 12 heteroatoms. The number of alkyl halides is 3. The van der Waals surface area contributed by atoms with E-state index in [0.717, 1.165) is 12.1 Å². The van der Waals surface area contributed by atoms with Gasteiger partial charge in [-0.25, -0.2) is 4.39 Å². The molecule has 0 bridgehead atoms. The molecule has 3 aromatic rings. The number of halogens is 6. The third-order valence-electron chi connectivity index (χ3n) is 4.27. The minimum atomic E-state index is -4.71. The second kappa shape index (κ2) is 10.3. The number of hydrogen-bond donors (Lipinski definition) is 1. The van der Waals surface area contributed by atoms with E-state index >= 15 is 0 Å². The van der Waals surface area contributed by atoms with Crippen LogP contribution in [-0.2, 0) is 12.8 Å². The monoisotopic (exact) mass is 589 g/mol. The molecular formula is C21H13Br2F4N3O3. The number of nitrogens with zero attached hydrogens (tertiary/aromatic N) is 2. The lowest BCUT2D eigenvalue weighted by Gasteiger charge is -2.12. The van der Waals surface area contributed by atoms with Gasteiger partial charge in [0.2, 0.25) is 0 Å². The first kappa shape index (κ1) is 24.6. The maximum Gasteiger partial charge on any atom is 0.416 e. The molecule has 0 unspecified atom stereocenters. The molecule has 33 heavy (non-hydrogen) atoms. The Balaban J connectivity index is 1.74. The van der Waals surface area contributed by atoms with Crippen molar-refractivity contribution in [1.29, 1.82) is 0 Å². The molecule has 0 saturated carbocycles. The quantitative estimate of drug-likeness (QED) is 0.136. The molecule has 0 spiro atoms. The van der Waals surface area contributed by atoms with E-state index in [1.807, 2.05) is 0 Å². The summed E-state index contributed by atoms with van der Waals surface area (Å²) in [7, 11) is 0. The van der Waals surface area contributed by atoms with Gasteiger partial charge in [-0.3, -0.25) is 15.5 Å². The molecule has 0 aliphatic rings. The van der Waals surface area contributed by atoms with Gasteiger partial charge in [0, 0.05) is 11.6 Å². The Labute approximate surface area is 201 Å². The highest BCUT2D eigenvalue weighted by Gasteiger charge is 2.33. The van der Waals surface area contributed by atoms with E-state index in [4.69, 9.17) is 4.74 Å². The Hall–Kier alpha value is -2.99. The average Bonchev–Trinajstić information content (AvgIpc) is 2.73. The van der Waals surface area contributed by atoms with Gasteiger partial charge in [0.1, 0.15) is 23.9 Å². The van der Waals surface area contributed by atoms with Gasteiger partial charge < -0.3 is 4.74 Å². The summed E-state index contributed by atoms with van der Waals surface area (Å²) < 4.78 is 58.9. The van der Waals surface area contributed by atoms with Crippen LogP contribution in [0, 0.1) is 15.9 Å². The fraction of sp³-hybridized carbons (Fsp3) is 0.0952. The van der Waals surface area contributed by atoms with Crippen LogP contribution in [-0.4, -0.2) is 11.1 Å². The van der Waals surface area contributed by atoms with E-state index in [2.05, 4.69) is 42.4 Å². The SMILES string of the molecule is O=[N+]([O-])c1cc(C(F)(F)F)ccc1N/N=C\c1cc(Br)c(OCc2ccccc2F)c(Br)c1. The Morgan fingerprint density at radius 3 is 2.36 bits per heavy atom. The number of anilines is 1. The van der Waals surface area contributed by atoms with Crippen LogP contribution >= 0.6 is 31.9 Å². The first-order chi connectivity index (χ1) is 15.6. The van der Waals surface area contributed by atoms with E-state index in [-0.39, 0.29) is 12.3 Å². The fourth-order valence-electron chi connectivity index (χ4n) is 2.69. The van der Waals surface area contributed by atoms with E-state index < -0.39 is 28.2 Å². The molecular weight excluding hydrogens is 578 g/mol. The fourth-order valence-corrected chi connectivity index (χ4v) is 4.14. The number of nitro groups is 1. The molecule has 6 nitrogen and oxygen atoms in total. The summed E-state index contributed by atoms with van der Waals surface area (Å²) in [5, 5.41) is 15.0. The smallest absolute Gasteiger partial charge is 0.416 e. The molecule has 0 radical (unpaired) electrons. The summed E-state index contributed by atoms with van der Waals surface area (Å²) in [5.74, 6) is 0.0265. The van der Waals surface area contributed by atoms with Gasteiger partial charge in [-0.05, 0) is 67.8 Å². The topological polar surface area (TPSA) is 76.8 Å². The number of ether oxygens (including phenoxy) is 1. The van der Waals surface area contributed by atoms with Crippen molar-refractivity contribution < 1.29 is 27.2 Å². The second-order valence-corrected chi connectivity index (χ2v) is 8.26. The van der Waals surface area contributed by atoms with E-state index in [1.54, 1.807) is 30.3 Å². The minimum absolute atomic E-state index is 0.00352. The first-order valence-electron chi connectivity index (χ1n) is 9.06. The molecule has 0 atom stereocenters. The molecule has 0 aliphatic heterocycles. The van der Waals surface area contributed by atoms with E-state index in [9.17, 15) is 27.7 Å². The number of benzene rings is 3. The number of rotatable bonds is 7. The maximum atomic E-state index is 13.8. The number of hydrazone groups is 1. The van der Waals surface area contributed by atoms with Gasteiger partial charge in [0.15, 0.2) is 0 Å². The molecule has 3 rings (SSSR count). The van der Waals surface area contributed by atoms with Crippen molar-refractivity contribution in [2.45, 2.75) is 12.8 Å². The lowest BCUT2D eigenvalue weighted by atomic mass is 10.1. The lowest BCUT2D eigenvalue weighted by molar-refractivity contribution is -0.384. The number of nitro benzene ring substituents is 1. The van der Waals surface area contributed by atoms with Crippen molar-refractivity contribution in [3.8, 4) is 5.75 Å². The van der Waals surface area contributed by atoms with Crippen LogP contribution in [0.15, 0.2) is 68.6 Å². The van der Waals surface area contributed by atoms with Crippen molar-refractivity contribution in [1.82, 2.24) is 0 Å². The molecule has 1 N–H and O–H groups in total. The minimum Gasteiger partial charge on any atom is -0.486 e. The van der Waals surface area contributed by atoms with Gasteiger partial charge in [0.25, 0.3) is 5.69 Å². The van der Waals surface area contributed by atoms with Crippen LogP contribution in [0.25, 0.3) is 0 Å². The van der Waals surface area contributed by atoms with Gasteiger partial charge in [-0.2, -0.15) is 18.3 Å². The van der Waals surface area contributed by atoms with Crippen LogP contribution in [0.5, 0.6) is 5.75 Å². The molecule has 0 amide bonds. The standard InChI is InChI=1S/C21H13Br2F4N3O3/c22-15-7-12(8-16(23)20(15)33-11-13-3-1-2-4-17(13)24)10-28-29-18-6-5-14(21(25,26)27)9-19(18)30(31)32/h1-10,29H,11H2/b28-10-. The Kier molecular flexibility index (Phi) is 7.69. The van der Waals surface area contributed by atoms with E-state index in [0.29, 0.717) is 31.9 Å². The Bertz CT molecular complexity index is 1200. The Morgan fingerprint density at radius 2 is 1.76 bits per heavy atom. The van der Waals surface area contributed by atoms with Crippen LogP contribution in [0.1, 0.15) is 16.7 Å². The zero-order valence-electron chi connectivity index (χ0n) is 16.4. The van der Waals surface area contributed by atoms with Crippen molar-refractivity contribution in [2.75, 3.05) is 5.43 Å². The Morgan fingerprint density at radius 1 is 1.09 bits per heavy atom. The largest absolute Gasteiger partial charge is 0.486 e. The maximum absolute atomic E-state index is 13.8.